The first-order valence-electron chi connectivity index (χ1n) is 7.95. The van der Waals surface area contributed by atoms with E-state index < -0.39 is 5.97 Å². The number of carbonyl (C=O) groups is 1. The Kier molecular flexibility index (Phi) is 5.04. The number of hydrogen-bond acceptors (Lipinski definition) is 6. The monoisotopic (exact) mass is 354 g/mol. The second-order valence-electron chi connectivity index (χ2n) is 5.63. The topological polar surface area (TPSA) is 75.0 Å². The van der Waals surface area contributed by atoms with E-state index in [1.165, 1.54) is 13.2 Å². The van der Waals surface area contributed by atoms with Crippen molar-refractivity contribution in [2.24, 2.45) is 0 Å². The minimum absolute atomic E-state index is 0.159. The van der Waals surface area contributed by atoms with Crippen LogP contribution in [0.4, 0.5) is 0 Å². The van der Waals surface area contributed by atoms with Crippen LogP contribution in [0, 0.1) is 6.92 Å². The van der Waals surface area contributed by atoms with Crippen molar-refractivity contribution in [2.45, 2.75) is 6.92 Å². The quantitative estimate of drug-likeness (QED) is 0.517. The predicted octanol–water partition coefficient (Wildman–Crippen LogP) is 3.33. The van der Waals surface area contributed by atoms with Gasteiger partial charge >= 0.3 is 5.97 Å². The van der Waals surface area contributed by atoms with Crippen molar-refractivity contribution >= 4 is 16.9 Å². The summed E-state index contributed by atoms with van der Waals surface area (Å²) in [5.74, 6) is 0.795. The highest BCUT2D eigenvalue weighted by Crippen LogP contribution is 2.32. The molecule has 1 aromatic heterocycles. The summed E-state index contributed by atoms with van der Waals surface area (Å²) in [6.07, 6.45) is 0. The molecule has 0 spiro atoms. The first-order chi connectivity index (χ1) is 12.5. The minimum Gasteiger partial charge on any atom is -0.496 e. The molecule has 1 heterocycles. The van der Waals surface area contributed by atoms with Crippen LogP contribution >= 0.6 is 0 Å². The largest absolute Gasteiger partial charge is 0.496 e. The van der Waals surface area contributed by atoms with Crippen LogP contribution in [0.5, 0.6) is 11.5 Å². The lowest BCUT2D eigenvalue weighted by Crippen LogP contribution is -2.14. The lowest BCUT2D eigenvalue weighted by Gasteiger charge is -2.11. The van der Waals surface area contributed by atoms with Gasteiger partial charge in [-0.25, -0.2) is 4.79 Å². The molecule has 2 aromatic carbocycles. The Labute approximate surface area is 149 Å². The summed E-state index contributed by atoms with van der Waals surface area (Å²) in [6.45, 7) is 1.56. The fourth-order valence-corrected chi connectivity index (χ4v) is 2.79. The second kappa shape index (κ2) is 7.41. The van der Waals surface area contributed by atoms with Crippen LogP contribution in [0.1, 0.15) is 5.76 Å². The summed E-state index contributed by atoms with van der Waals surface area (Å²) in [5, 5.41) is 0.392. The average molecular weight is 354 g/mol. The van der Waals surface area contributed by atoms with E-state index in [0.29, 0.717) is 33.6 Å². The Morgan fingerprint density at radius 1 is 1.12 bits per heavy atom. The van der Waals surface area contributed by atoms with Gasteiger partial charge in [0.1, 0.15) is 29.4 Å². The Bertz CT molecular complexity index is 1020. The first kappa shape index (κ1) is 17.7. The Hall–Kier alpha value is -3.12. The van der Waals surface area contributed by atoms with E-state index in [1.807, 2.05) is 18.2 Å². The van der Waals surface area contributed by atoms with Gasteiger partial charge in [0.25, 0.3) is 0 Å². The van der Waals surface area contributed by atoms with Gasteiger partial charge in [-0.3, -0.25) is 4.79 Å². The average Bonchev–Trinajstić information content (AvgIpc) is 2.62. The van der Waals surface area contributed by atoms with Gasteiger partial charge < -0.3 is 18.6 Å². The van der Waals surface area contributed by atoms with Gasteiger partial charge in [-0.15, -0.1) is 0 Å². The third-order valence-electron chi connectivity index (χ3n) is 3.91. The normalized spacial score (nSPS) is 10.7. The molecule has 6 nitrogen and oxygen atoms in total. The van der Waals surface area contributed by atoms with Crippen LogP contribution in [0.25, 0.3) is 22.1 Å². The van der Waals surface area contributed by atoms with Gasteiger partial charge in [0.05, 0.1) is 18.1 Å². The number of aryl methyl sites for hydroxylation is 1. The second-order valence-corrected chi connectivity index (χ2v) is 5.63. The molecule has 0 bridgehead atoms. The van der Waals surface area contributed by atoms with Crippen molar-refractivity contribution in [3.63, 3.8) is 0 Å². The molecule has 0 aliphatic carbocycles. The Morgan fingerprint density at radius 2 is 1.88 bits per heavy atom. The molecule has 0 aliphatic heterocycles. The Balaban J connectivity index is 2.12. The number of esters is 1. The highest BCUT2D eigenvalue weighted by molar-refractivity contribution is 5.85. The van der Waals surface area contributed by atoms with E-state index in [-0.39, 0.29) is 17.8 Å². The van der Waals surface area contributed by atoms with Crippen LogP contribution in [-0.4, -0.2) is 26.8 Å². The van der Waals surface area contributed by atoms with E-state index in [0.717, 1.165) is 0 Å². The third-order valence-corrected chi connectivity index (χ3v) is 3.91. The van der Waals surface area contributed by atoms with E-state index >= 15 is 0 Å². The van der Waals surface area contributed by atoms with Crippen molar-refractivity contribution in [3.05, 3.63) is 58.4 Å². The molecule has 26 heavy (non-hydrogen) atoms. The van der Waals surface area contributed by atoms with E-state index in [2.05, 4.69) is 0 Å². The maximum Gasteiger partial charge on any atom is 0.337 e. The summed E-state index contributed by atoms with van der Waals surface area (Å²) in [4.78, 5) is 24.5. The highest BCUT2D eigenvalue weighted by Gasteiger charge is 2.17. The molecule has 0 aliphatic rings. The number of methoxy groups -OCH3 is 2. The number of para-hydroxylation sites is 1. The summed E-state index contributed by atoms with van der Waals surface area (Å²) < 4.78 is 21.1. The lowest BCUT2D eigenvalue weighted by atomic mass is 10.0. The first-order valence-corrected chi connectivity index (χ1v) is 7.95. The number of carbonyl (C=O) groups excluding carboxylic acids is 1. The number of benzene rings is 2. The standard InChI is InChI=1S/C20H18O6/c1-12-19(14-6-4-5-7-16(14)24-3)20(22)15-9-8-13(10-17(15)25-12)26-18(21)11-23-2/h4-10H,11H2,1-3H3. The van der Waals surface area contributed by atoms with Crippen LogP contribution in [0.3, 0.4) is 0 Å². The molecular weight excluding hydrogens is 336 g/mol. The van der Waals surface area contributed by atoms with Gasteiger partial charge in [0.15, 0.2) is 0 Å². The molecule has 3 rings (SSSR count). The molecule has 0 N–H and O–H groups in total. The predicted molar refractivity (Wildman–Crippen MR) is 96.7 cm³/mol. The molecule has 0 atom stereocenters. The van der Waals surface area contributed by atoms with Crippen molar-refractivity contribution in [3.8, 4) is 22.6 Å². The molecule has 0 radical (unpaired) electrons. The highest BCUT2D eigenvalue weighted by atomic mass is 16.6. The van der Waals surface area contributed by atoms with E-state index in [9.17, 15) is 9.59 Å². The van der Waals surface area contributed by atoms with Crippen LogP contribution in [0.15, 0.2) is 51.7 Å². The number of ether oxygens (including phenoxy) is 3. The van der Waals surface area contributed by atoms with Crippen LogP contribution in [0.2, 0.25) is 0 Å². The van der Waals surface area contributed by atoms with Gasteiger partial charge in [0, 0.05) is 18.7 Å². The molecule has 134 valence electrons. The van der Waals surface area contributed by atoms with Gasteiger partial charge in [-0.1, -0.05) is 18.2 Å². The number of hydrogen-bond donors (Lipinski definition) is 0. The minimum atomic E-state index is -0.531. The zero-order chi connectivity index (χ0) is 18.7. The van der Waals surface area contributed by atoms with Gasteiger partial charge in [-0.2, -0.15) is 0 Å². The molecule has 0 fully saturated rings. The van der Waals surface area contributed by atoms with E-state index in [4.69, 9.17) is 18.6 Å². The molecule has 0 saturated heterocycles. The SMILES string of the molecule is COCC(=O)Oc1ccc2c(=O)c(-c3ccccc3OC)c(C)oc2c1. The van der Waals surface area contributed by atoms with Crippen molar-refractivity contribution in [1.82, 2.24) is 0 Å². The maximum atomic E-state index is 13.0. The Morgan fingerprint density at radius 3 is 2.62 bits per heavy atom. The zero-order valence-electron chi connectivity index (χ0n) is 14.7. The molecule has 0 unspecified atom stereocenters. The molecule has 6 heteroatoms. The van der Waals surface area contributed by atoms with Crippen molar-refractivity contribution in [1.29, 1.82) is 0 Å². The summed E-state index contributed by atoms with van der Waals surface area (Å²) >= 11 is 0. The van der Waals surface area contributed by atoms with Crippen molar-refractivity contribution < 1.29 is 23.4 Å². The molecule has 0 saturated carbocycles. The summed E-state index contributed by atoms with van der Waals surface area (Å²) in [7, 11) is 2.96. The molecule has 0 amide bonds. The van der Waals surface area contributed by atoms with Crippen LogP contribution in [-0.2, 0) is 9.53 Å². The fourth-order valence-electron chi connectivity index (χ4n) is 2.79. The zero-order valence-corrected chi connectivity index (χ0v) is 14.7. The molecule has 3 aromatic rings. The van der Waals surface area contributed by atoms with E-state index in [1.54, 1.807) is 32.2 Å². The van der Waals surface area contributed by atoms with Gasteiger partial charge in [-0.05, 0) is 25.1 Å². The number of fused-ring (bicyclic) bond motifs is 1. The fraction of sp³-hybridized carbons (Fsp3) is 0.200. The summed E-state index contributed by atoms with van der Waals surface area (Å²) in [6, 6.07) is 11.9. The lowest BCUT2D eigenvalue weighted by molar-refractivity contribution is -0.138. The maximum absolute atomic E-state index is 13.0. The third kappa shape index (κ3) is 3.32. The smallest absolute Gasteiger partial charge is 0.337 e. The summed E-state index contributed by atoms with van der Waals surface area (Å²) in [5.41, 5.74) is 1.27. The number of rotatable bonds is 5. The van der Waals surface area contributed by atoms with Crippen LogP contribution < -0.4 is 14.9 Å². The van der Waals surface area contributed by atoms with Gasteiger partial charge in [0.2, 0.25) is 5.43 Å². The molecular formula is C20H18O6. The van der Waals surface area contributed by atoms with Crippen molar-refractivity contribution in [2.75, 3.05) is 20.8 Å².